The summed E-state index contributed by atoms with van der Waals surface area (Å²) in [7, 11) is 0. The quantitative estimate of drug-likeness (QED) is 0.388. The lowest BCUT2D eigenvalue weighted by atomic mass is 9.79. The summed E-state index contributed by atoms with van der Waals surface area (Å²) in [6.45, 7) is 7.92. The lowest BCUT2D eigenvalue weighted by Crippen LogP contribution is -2.39. The van der Waals surface area contributed by atoms with E-state index in [9.17, 15) is 0 Å². The third-order valence-corrected chi connectivity index (χ3v) is 5.17. The van der Waals surface area contributed by atoms with Gasteiger partial charge < -0.3 is 9.47 Å². The van der Waals surface area contributed by atoms with Crippen molar-refractivity contribution in [2.45, 2.75) is 64.6 Å². The molecule has 0 aromatic carbocycles. The standard InChI is InChI=1S/C14H27IO2/c1-4-13-5-7-14(11-15,8-6-13)17-10-9-16-12(2)3/h12-13H,4-11H2,1-3H3. The van der Waals surface area contributed by atoms with Gasteiger partial charge in [0.15, 0.2) is 0 Å². The number of rotatable bonds is 7. The van der Waals surface area contributed by atoms with Gasteiger partial charge in [0.05, 0.1) is 24.9 Å². The van der Waals surface area contributed by atoms with Gasteiger partial charge in [-0.2, -0.15) is 0 Å². The van der Waals surface area contributed by atoms with Crippen LogP contribution < -0.4 is 0 Å². The van der Waals surface area contributed by atoms with Crippen molar-refractivity contribution < 1.29 is 9.47 Å². The summed E-state index contributed by atoms with van der Waals surface area (Å²) in [6, 6.07) is 0. The molecule has 102 valence electrons. The van der Waals surface area contributed by atoms with Gasteiger partial charge in [0, 0.05) is 4.43 Å². The minimum Gasteiger partial charge on any atom is -0.376 e. The molecule has 1 rings (SSSR count). The second-order valence-corrected chi connectivity index (χ2v) is 6.20. The van der Waals surface area contributed by atoms with Crippen molar-refractivity contribution in [2.75, 3.05) is 17.6 Å². The highest BCUT2D eigenvalue weighted by Gasteiger charge is 2.34. The maximum absolute atomic E-state index is 6.13. The summed E-state index contributed by atoms with van der Waals surface area (Å²) in [5.41, 5.74) is 0.145. The van der Waals surface area contributed by atoms with Crippen molar-refractivity contribution in [3.63, 3.8) is 0 Å². The zero-order valence-electron chi connectivity index (χ0n) is 11.5. The van der Waals surface area contributed by atoms with Crippen LogP contribution in [-0.2, 0) is 9.47 Å². The van der Waals surface area contributed by atoms with Crippen LogP contribution in [0, 0.1) is 5.92 Å². The zero-order valence-corrected chi connectivity index (χ0v) is 13.7. The lowest BCUT2D eigenvalue weighted by molar-refractivity contribution is -0.0836. The monoisotopic (exact) mass is 354 g/mol. The van der Waals surface area contributed by atoms with E-state index < -0.39 is 0 Å². The topological polar surface area (TPSA) is 18.5 Å². The number of ether oxygens (including phenoxy) is 2. The summed E-state index contributed by atoms with van der Waals surface area (Å²) in [5, 5.41) is 0. The van der Waals surface area contributed by atoms with Crippen LogP contribution in [0.15, 0.2) is 0 Å². The summed E-state index contributed by atoms with van der Waals surface area (Å²) >= 11 is 2.48. The van der Waals surface area contributed by atoms with Crippen molar-refractivity contribution in [1.29, 1.82) is 0 Å². The summed E-state index contributed by atoms with van der Waals surface area (Å²) < 4.78 is 12.8. The summed E-state index contributed by atoms with van der Waals surface area (Å²) in [4.78, 5) is 0. The average molecular weight is 354 g/mol. The van der Waals surface area contributed by atoms with E-state index in [2.05, 4.69) is 43.4 Å². The van der Waals surface area contributed by atoms with Crippen LogP contribution in [0.5, 0.6) is 0 Å². The Morgan fingerprint density at radius 3 is 2.35 bits per heavy atom. The first-order valence-corrected chi connectivity index (χ1v) is 8.46. The Hall–Kier alpha value is 0.650. The Bertz CT molecular complexity index is 198. The van der Waals surface area contributed by atoms with Gasteiger partial charge in [0.1, 0.15) is 0 Å². The first-order valence-electron chi connectivity index (χ1n) is 6.93. The fourth-order valence-corrected chi connectivity index (χ4v) is 3.45. The van der Waals surface area contributed by atoms with Crippen molar-refractivity contribution in [3.8, 4) is 0 Å². The molecule has 0 atom stereocenters. The Morgan fingerprint density at radius 2 is 1.88 bits per heavy atom. The molecule has 0 heterocycles. The van der Waals surface area contributed by atoms with Crippen molar-refractivity contribution in [3.05, 3.63) is 0 Å². The molecule has 0 amide bonds. The third kappa shape index (κ3) is 5.43. The molecule has 0 aliphatic heterocycles. The molecule has 3 heteroatoms. The minimum absolute atomic E-state index is 0.145. The largest absolute Gasteiger partial charge is 0.376 e. The van der Waals surface area contributed by atoms with E-state index in [0.717, 1.165) is 23.6 Å². The van der Waals surface area contributed by atoms with E-state index in [-0.39, 0.29) is 5.60 Å². The molecule has 0 spiro atoms. The van der Waals surface area contributed by atoms with Crippen molar-refractivity contribution >= 4 is 22.6 Å². The first-order chi connectivity index (χ1) is 8.12. The second-order valence-electron chi connectivity index (χ2n) is 5.44. The van der Waals surface area contributed by atoms with Crippen molar-refractivity contribution in [2.24, 2.45) is 5.92 Å². The van der Waals surface area contributed by atoms with Crippen LogP contribution in [-0.4, -0.2) is 29.3 Å². The highest BCUT2D eigenvalue weighted by molar-refractivity contribution is 14.1. The van der Waals surface area contributed by atoms with E-state index in [4.69, 9.17) is 9.47 Å². The number of halogens is 1. The van der Waals surface area contributed by atoms with E-state index in [1.54, 1.807) is 0 Å². The van der Waals surface area contributed by atoms with E-state index in [0.29, 0.717) is 6.10 Å². The second kappa shape index (κ2) is 7.95. The normalized spacial score (nSPS) is 29.8. The third-order valence-electron chi connectivity index (χ3n) is 3.78. The Balaban J connectivity index is 2.27. The molecule has 0 N–H and O–H groups in total. The smallest absolute Gasteiger partial charge is 0.0772 e. The lowest BCUT2D eigenvalue weighted by Gasteiger charge is -2.39. The van der Waals surface area contributed by atoms with Crippen LogP contribution >= 0.6 is 22.6 Å². The first kappa shape index (κ1) is 15.7. The van der Waals surface area contributed by atoms with Gasteiger partial charge in [-0.25, -0.2) is 0 Å². The summed E-state index contributed by atoms with van der Waals surface area (Å²) in [5.74, 6) is 0.932. The van der Waals surface area contributed by atoms with E-state index >= 15 is 0 Å². The predicted molar refractivity (Wildman–Crippen MR) is 80.9 cm³/mol. The zero-order chi connectivity index (χ0) is 12.7. The van der Waals surface area contributed by atoms with Gasteiger partial charge in [0.25, 0.3) is 0 Å². The highest BCUT2D eigenvalue weighted by atomic mass is 127. The SMILES string of the molecule is CCC1CCC(CI)(OCCOC(C)C)CC1. The molecule has 1 aliphatic carbocycles. The maximum Gasteiger partial charge on any atom is 0.0772 e. The molecule has 0 aromatic heterocycles. The fraction of sp³-hybridized carbons (Fsp3) is 1.00. The van der Waals surface area contributed by atoms with Crippen LogP contribution in [0.25, 0.3) is 0 Å². The van der Waals surface area contributed by atoms with Crippen molar-refractivity contribution in [1.82, 2.24) is 0 Å². The number of alkyl halides is 1. The molecule has 0 saturated heterocycles. The van der Waals surface area contributed by atoms with Gasteiger partial charge >= 0.3 is 0 Å². The molecule has 1 fully saturated rings. The molecule has 2 nitrogen and oxygen atoms in total. The molecule has 0 aromatic rings. The maximum atomic E-state index is 6.13. The Kier molecular flexibility index (Phi) is 7.34. The Labute approximate surface area is 120 Å². The van der Waals surface area contributed by atoms with Gasteiger partial charge in [-0.05, 0) is 45.4 Å². The molecular weight excluding hydrogens is 327 g/mol. The molecule has 1 saturated carbocycles. The van der Waals surface area contributed by atoms with Gasteiger partial charge in [-0.3, -0.25) is 0 Å². The van der Waals surface area contributed by atoms with E-state index in [1.165, 1.54) is 32.1 Å². The van der Waals surface area contributed by atoms with Crippen LogP contribution in [0.3, 0.4) is 0 Å². The minimum atomic E-state index is 0.145. The van der Waals surface area contributed by atoms with Crippen LogP contribution in [0.1, 0.15) is 52.9 Å². The van der Waals surface area contributed by atoms with Crippen LogP contribution in [0.2, 0.25) is 0 Å². The average Bonchev–Trinajstić information content (AvgIpc) is 2.35. The van der Waals surface area contributed by atoms with Gasteiger partial charge in [-0.15, -0.1) is 0 Å². The van der Waals surface area contributed by atoms with E-state index in [1.807, 2.05) is 0 Å². The number of hydrogen-bond acceptors (Lipinski definition) is 2. The van der Waals surface area contributed by atoms with Crippen LogP contribution in [0.4, 0.5) is 0 Å². The fourth-order valence-electron chi connectivity index (χ4n) is 2.47. The molecule has 1 aliphatic rings. The molecular formula is C14H27IO2. The molecule has 0 radical (unpaired) electrons. The number of hydrogen-bond donors (Lipinski definition) is 0. The molecule has 17 heavy (non-hydrogen) atoms. The molecule has 0 unspecified atom stereocenters. The Morgan fingerprint density at radius 1 is 1.24 bits per heavy atom. The summed E-state index contributed by atoms with van der Waals surface area (Å²) in [6.07, 6.45) is 6.78. The van der Waals surface area contributed by atoms with Gasteiger partial charge in [-0.1, -0.05) is 35.9 Å². The molecule has 0 bridgehead atoms. The van der Waals surface area contributed by atoms with Gasteiger partial charge in [0.2, 0.25) is 0 Å². The highest BCUT2D eigenvalue weighted by Crippen LogP contribution is 2.37. The predicted octanol–water partition coefficient (Wildman–Crippen LogP) is 4.20.